The molecule has 0 radical (unpaired) electrons. The molecule has 0 fully saturated rings. The van der Waals surface area contributed by atoms with Gasteiger partial charge < -0.3 is 0 Å². The maximum absolute atomic E-state index is 3.74. The van der Waals surface area contributed by atoms with Crippen LogP contribution in [0.4, 0.5) is 0 Å². The second-order valence-corrected chi connectivity index (χ2v) is 9.76. The molecule has 0 N–H and O–H groups in total. The van der Waals surface area contributed by atoms with E-state index in [1.54, 1.807) is 5.57 Å². The van der Waals surface area contributed by atoms with Crippen molar-refractivity contribution < 1.29 is 0 Å². The minimum atomic E-state index is 0.677. The normalized spacial score (nSPS) is 11.9. The van der Waals surface area contributed by atoms with Gasteiger partial charge in [-0.1, -0.05) is 148 Å². The monoisotopic (exact) mass is 511 g/mol. The van der Waals surface area contributed by atoms with Gasteiger partial charge in [0.05, 0.1) is 0 Å². The van der Waals surface area contributed by atoms with E-state index in [9.17, 15) is 0 Å². The van der Waals surface area contributed by atoms with Gasteiger partial charge in [0.2, 0.25) is 0 Å². The van der Waals surface area contributed by atoms with Crippen LogP contribution in [0.25, 0.3) is 5.57 Å². The molecule has 0 saturated carbocycles. The van der Waals surface area contributed by atoms with Crippen molar-refractivity contribution in [2.45, 2.75) is 148 Å². The highest BCUT2D eigenvalue weighted by Gasteiger charge is 2.14. The first kappa shape index (κ1) is 39.7. The number of unbranched alkanes of at least 4 members (excludes halogenated alkanes) is 3. The van der Waals surface area contributed by atoms with E-state index in [-0.39, 0.29) is 0 Å². The van der Waals surface area contributed by atoms with Gasteiger partial charge in [-0.25, -0.2) is 0 Å². The van der Waals surface area contributed by atoms with Gasteiger partial charge in [-0.2, -0.15) is 0 Å². The first-order chi connectivity index (χ1) is 17.7. The van der Waals surface area contributed by atoms with Crippen molar-refractivity contribution in [3.05, 3.63) is 76.4 Å². The second kappa shape index (κ2) is 27.2. The predicted octanol–water partition coefficient (Wildman–Crippen LogP) is 13.6. The van der Waals surface area contributed by atoms with Gasteiger partial charge in [0, 0.05) is 0 Å². The number of hydrogen-bond acceptors (Lipinski definition) is 0. The van der Waals surface area contributed by atoms with Crippen molar-refractivity contribution in [3.63, 3.8) is 0 Å². The third kappa shape index (κ3) is 19.0. The number of rotatable bonds is 13. The minimum absolute atomic E-state index is 0.677. The molecule has 0 spiro atoms. The van der Waals surface area contributed by atoms with Crippen molar-refractivity contribution >= 4 is 5.57 Å². The molecule has 1 rings (SSSR count). The molecule has 0 heterocycles. The lowest BCUT2D eigenvalue weighted by Crippen LogP contribution is -2.04. The van der Waals surface area contributed by atoms with Crippen molar-refractivity contribution in [3.8, 4) is 0 Å². The van der Waals surface area contributed by atoms with E-state index >= 15 is 0 Å². The zero-order valence-corrected chi connectivity index (χ0v) is 27.6. The van der Waals surface area contributed by atoms with Crippen LogP contribution in [0.1, 0.15) is 153 Å². The van der Waals surface area contributed by atoms with Crippen LogP contribution >= 0.6 is 0 Å². The fourth-order valence-corrected chi connectivity index (χ4v) is 4.48. The summed E-state index contributed by atoms with van der Waals surface area (Å²) in [7, 11) is 0. The zero-order valence-electron chi connectivity index (χ0n) is 27.6. The van der Waals surface area contributed by atoms with Gasteiger partial charge in [0.1, 0.15) is 0 Å². The molecule has 0 saturated heterocycles. The molecular weight excluding hydrogens is 444 g/mol. The van der Waals surface area contributed by atoms with Crippen molar-refractivity contribution in [1.29, 1.82) is 0 Å². The molecule has 0 aliphatic rings. The number of hydrogen-bond donors (Lipinski definition) is 0. The average Bonchev–Trinajstić information content (AvgIpc) is 2.90. The van der Waals surface area contributed by atoms with E-state index in [1.165, 1.54) is 78.4 Å². The first-order valence-electron chi connectivity index (χ1n) is 15.5. The highest BCUT2D eigenvalue weighted by molar-refractivity contribution is 5.70. The van der Waals surface area contributed by atoms with Crippen LogP contribution in [0.5, 0.6) is 0 Å². The lowest BCUT2D eigenvalue weighted by atomic mass is 9.85. The quantitative estimate of drug-likeness (QED) is 0.141. The maximum Gasteiger partial charge on any atom is -0.0224 e. The highest BCUT2D eigenvalue weighted by atomic mass is 14.2. The molecule has 0 amide bonds. The summed E-state index contributed by atoms with van der Waals surface area (Å²) in [6.45, 7) is 32.1. The molecule has 37 heavy (non-hydrogen) atoms. The van der Waals surface area contributed by atoms with Crippen LogP contribution in [0.15, 0.2) is 70.9 Å². The summed E-state index contributed by atoms with van der Waals surface area (Å²) in [5.41, 5.74) is 10.1. The Hall–Kier alpha value is -1.82. The Morgan fingerprint density at radius 3 is 1.73 bits per heavy atom. The maximum atomic E-state index is 3.74. The topological polar surface area (TPSA) is 0 Å². The molecule has 0 aliphatic heterocycles. The molecule has 1 aromatic rings. The minimum Gasteiger partial charge on any atom is -0.100 e. The molecule has 1 atom stereocenters. The summed E-state index contributed by atoms with van der Waals surface area (Å²) in [5, 5.41) is 0. The van der Waals surface area contributed by atoms with Crippen LogP contribution in [0, 0.1) is 5.92 Å². The summed E-state index contributed by atoms with van der Waals surface area (Å²) in [6, 6.07) is 10.8. The smallest absolute Gasteiger partial charge is 0.0224 e. The van der Waals surface area contributed by atoms with Crippen LogP contribution in [0.2, 0.25) is 0 Å². The van der Waals surface area contributed by atoms with E-state index in [0.29, 0.717) is 5.92 Å². The molecule has 214 valence electrons. The SMILES string of the molecule is C=C(C)CCC.CC.CC.CCCCCCC(C)/C(CC)=C(\C)C(/C=C(\CC)c1ccccc1)=C(C)C. The van der Waals surface area contributed by atoms with Crippen LogP contribution in [0.3, 0.4) is 0 Å². The van der Waals surface area contributed by atoms with Crippen LogP contribution in [-0.4, -0.2) is 0 Å². The summed E-state index contributed by atoms with van der Waals surface area (Å²) in [4.78, 5) is 0. The largest absolute Gasteiger partial charge is 0.100 e. The average molecular weight is 511 g/mol. The molecule has 0 aromatic heterocycles. The van der Waals surface area contributed by atoms with E-state index in [1.807, 2.05) is 27.7 Å². The van der Waals surface area contributed by atoms with Gasteiger partial charge in [0.15, 0.2) is 0 Å². The molecule has 0 aliphatic carbocycles. The van der Waals surface area contributed by atoms with Gasteiger partial charge >= 0.3 is 0 Å². The van der Waals surface area contributed by atoms with Gasteiger partial charge in [-0.3, -0.25) is 0 Å². The summed E-state index contributed by atoms with van der Waals surface area (Å²) in [5.74, 6) is 0.677. The first-order valence-corrected chi connectivity index (χ1v) is 15.5. The molecule has 0 nitrogen and oxygen atoms in total. The van der Waals surface area contributed by atoms with E-state index in [0.717, 1.165) is 12.8 Å². The third-order valence-corrected chi connectivity index (χ3v) is 6.41. The van der Waals surface area contributed by atoms with Gasteiger partial charge in [-0.05, 0) is 81.6 Å². The van der Waals surface area contributed by atoms with Crippen molar-refractivity contribution in [2.24, 2.45) is 5.92 Å². The Bertz CT molecular complexity index is 750. The molecule has 0 heteroatoms. The lowest BCUT2D eigenvalue weighted by Gasteiger charge is -2.21. The highest BCUT2D eigenvalue weighted by Crippen LogP contribution is 2.32. The third-order valence-electron chi connectivity index (χ3n) is 6.41. The van der Waals surface area contributed by atoms with E-state index in [4.69, 9.17) is 0 Å². The van der Waals surface area contributed by atoms with Gasteiger partial charge in [0.25, 0.3) is 0 Å². The van der Waals surface area contributed by atoms with E-state index < -0.39 is 0 Å². The van der Waals surface area contributed by atoms with Crippen LogP contribution < -0.4 is 0 Å². The zero-order chi connectivity index (χ0) is 29.2. The van der Waals surface area contributed by atoms with Crippen molar-refractivity contribution in [2.75, 3.05) is 0 Å². The second-order valence-electron chi connectivity index (χ2n) is 9.76. The van der Waals surface area contributed by atoms with Gasteiger partial charge in [-0.15, -0.1) is 6.58 Å². The Morgan fingerprint density at radius 1 is 0.784 bits per heavy atom. The Morgan fingerprint density at radius 2 is 1.35 bits per heavy atom. The number of allylic oxidation sites excluding steroid dienone is 7. The lowest BCUT2D eigenvalue weighted by molar-refractivity contribution is 0.530. The van der Waals surface area contributed by atoms with Crippen LogP contribution in [-0.2, 0) is 0 Å². The fraction of sp³-hybridized carbons (Fsp3) is 0.622. The molecule has 1 unspecified atom stereocenters. The summed E-state index contributed by atoms with van der Waals surface area (Å²) < 4.78 is 0. The standard InChI is InChI=1S/C27H42.C6H12.2C2H6/c1-8-11-12-14-17-22(6)26(10-3)23(7)27(21(4)5)20-24(9-2)25-18-15-13-16-19-25;1-4-5-6(2)3;2*1-2/h13,15-16,18-20,22H,8-12,14,17H2,1-7H3;2,4-5H2,1,3H3;2*1-2H3/b24-20+,26-23+;;;. The Balaban J connectivity index is -0.000000992. The predicted molar refractivity (Wildman–Crippen MR) is 176 cm³/mol. The summed E-state index contributed by atoms with van der Waals surface area (Å²) >= 11 is 0. The Labute approximate surface area is 235 Å². The molecular formula is C37H66. The summed E-state index contributed by atoms with van der Waals surface area (Å²) in [6.07, 6.45) is 13.8. The molecule has 1 aromatic carbocycles. The van der Waals surface area contributed by atoms with E-state index in [2.05, 4.69) is 105 Å². The Kier molecular flexibility index (Phi) is 29.2. The fourth-order valence-electron chi connectivity index (χ4n) is 4.48. The van der Waals surface area contributed by atoms with Crippen molar-refractivity contribution in [1.82, 2.24) is 0 Å². The number of benzene rings is 1. The molecule has 0 bridgehead atoms.